The number of aliphatic hydroxyl groups excluding tert-OH is 2. The molecule has 1 fully saturated rings. The highest BCUT2D eigenvalue weighted by atomic mass is 16.6. The van der Waals surface area contributed by atoms with Gasteiger partial charge in [0.1, 0.15) is 24.1 Å². The third kappa shape index (κ3) is 6.65. The number of amides is 2. The Morgan fingerprint density at radius 1 is 1.07 bits per heavy atom. The fraction of sp³-hybridized carbons (Fsp3) is 0.357. The van der Waals surface area contributed by atoms with Crippen LogP contribution in [0.2, 0.25) is 0 Å². The fourth-order valence-corrected chi connectivity index (χ4v) is 4.63. The summed E-state index contributed by atoms with van der Waals surface area (Å²) < 4.78 is 17.2. The molecule has 5 N–H and O–H groups in total. The standard InChI is InChI=1S/C28H33N5O8/c1-32(15-17-9-10-19(39-2)20(14-17)40-3)26(37)18(13-16-7-5-4-6-8-16)30-25(36)24-22(34)23(35)27(41-24)33-12-11-21(29)31-28(33)38/h4-12,14,18,22-24,27,34-35H,13,15H2,1-3H3,(H,30,36)(H2,29,31,38)/t18-,22+,23-,24+,27-/m1/s1. The van der Waals surface area contributed by atoms with Crippen LogP contribution >= 0.6 is 0 Å². The Kier molecular flexibility index (Phi) is 9.22. The second-order valence-electron chi connectivity index (χ2n) is 9.61. The molecule has 1 aliphatic heterocycles. The molecule has 0 saturated carbocycles. The van der Waals surface area contributed by atoms with E-state index in [1.54, 1.807) is 25.2 Å². The van der Waals surface area contributed by atoms with Gasteiger partial charge in [-0.15, -0.1) is 0 Å². The molecule has 3 aromatic rings. The number of aliphatic hydroxyl groups is 2. The summed E-state index contributed by atoms with van der Waals surface area (Å²) in [5, 5.41) is 23.9. The Morgan fingerprint density at radius 3 is 2.44 bits per heavy atom. The number of aromatic nitrogens is 2. The van der Waals surface area contributed by atoms with E-state index in [0.29, 0.717) is 11.5 Å². The zero-order chi connectivity index (χ0) is 29.7. The maximum Gasteiger partial charge on any atom is 0.351 e. The Labute approximate surface area is 236 Å². The lowest BCUT2D eigenvalue weighted by Crippen LogP contribution is -2.53. The number of ether oxygens (including phenoxy) is 3. The number of hydrogen-bond acceptors (Lipinski definition) is 10. The van der Waals surface area contributed by atoms with Crippen molar-refractivity contribution in [1.82, 2.24) is 19.8 Å². The lowest BCUT2D eigenvalue weighted by Gasteiger charge is -2.26. The number of methoxy groups -OCH3 is 2. The van der Waals surface area contributed by atoms with E-state index in [0.717, 1.165) is 15.7 Å². The largest absolute Gasteiger partial charge is 0.493 e. The molecule has 2 aromatic carbocycles. The topological polar surface area (TPSA) is 178 Å². The number of rotatable bonds is 10. The molecule has 1 aromatic heterocycles. The van der Waals surface area contributed by atoms with E-state index in [1.165, 1.54) is 31.4 Å². The van der Waals surface area contributed by atoms with E-state index in [-0.39, 0.29) is 18.8 Å². The number of nitrogens with two attached hydrogens (primary N) is 1. The third-order valence-corrected chi connectivity index (χ3v) is 6.76. The number of likely N-dealkylation sites (N-methyl/N-ethyl adjacent to an activating group) is 1. The van der Waals surface area contributed by atoms with Crippen molar-refractivity contribution in [2.75, 3.05) is 27.0 Å². The molecule has 1 saturated heterocycles. The molecular formula is C28H33N5O8. The second kappa shape index (κ2) is 12.8. The van der Waals surface area contributed by atoms with Crippen LogP contribution in [0.3, 0.4) is 0 Å². The number of carbonyl (C=O) groups excluding carboxylic acids is 2. The number of carbonyl (C=O) groups is 2. The second-order valence-corrected chi connectivity index (χ2v) is 9.61. The Morgan fingerprint density at radius 2 is 1.78 bits per heavy atom. The van der Waals surface area contributed by atoms with E-state index < -0.39 is 48.1 Å². The first-order valence-electron chi connectivity index (χ1n) is 12.8. The van der Waals surface area contributed by atoms with Gasteiger partial charge in [-0.05, 0) is 29.3 Å². The molecule has 2 amide bonds. The van der Waals surface area contributed by atoms with Gasteiger partial charge in [-0.1, -0.05) is 36.4 Å². The first-order chi connectivity index (χ1) is 19.6. The summed E-state index contributed by atoms with van der Waals surface area (Å²) in [5.74, 6) is -0.208. The zero-order valence-electron chi connectivity index (χ0n) is 22.8. The van der Waals surface area contributed by atoms with Crippen LogP contribution in [-0.2, 0) is 27.3 Å². The van der Waals surface area contributed by atoms with Gasteiger partial charge in [0.25, 0.3) is 5.91 Å². The van der Waals surface area contributed by atoms with Crippen LogP contribution in [0.25, 0.3) is 0 Å². The van der Waals surface area contributed by atoms with Crippen LogP contribution in [0.4, 0.5) is 5.82 Å². The minimum absolute atomic E-state index is 0.0342. The average Bonchev–Trinajstić information content (AvgIpc) is 3.26. The molecule has 0 aliphatic carbocycles. The van der Waals surface area contributed by atoms with Crippen molar-refractivity contribution in [3.8, 4) is 11.5 Å². The van der Waals surface area contributed by atoms with Gasteiger partial charge in [0.05, 0.1) is 14.2 Å². The van der Waals surface area contributed by atoms with Gasteiger partial charge in [0.15, 0.2) is 23.8 Å². The summed E-state index contributed by atoms with van der Waals surface area (Å²) in [7, 11) is 4.65. The van der Waals surface area contributed by atoms with Crippen LogP contribution < -0.4 is 26.2 Å². The number of benzene rings is 2. The highest BCUT2D eigenvalue weighted by molar-refractivity contribution is 5.90. The number of nitrogen functional groups attached to an aromatic ring is 1. The molecule has 2 heterocycles. The van der Waals surface area contributed by atoms with Crippen molar-refractivity contribution in [1.29, 1.82) is 0 Å². The van der Waals surface area contributed by atoms with Gasteiger partial charge < -0.3 is 40.4 Å². The molecule has 5 atom stereocenters. The van der Waals surface area contributed by atoms with Crippen LogP contribution in [0.5, 0.6) is 11.5 Å². The molecule has 13 nitrogen and oxygen atoms in total. The van der Waals surface area contributed by atoms with E-state index in [2.05, 4.69) is 10.3 Å². The maximum atomic E-state index is 13.6. The normalized spacial score (nSPS) is 20.7. The van der Waals surface area contributed by atoms with Crippen LogP contribution in [0.15, 0.2) is 65.6 Å². The molecule has 218 valence electrons. The summed E-state index contributed by atoms with van der Waals surface area (Å²) >= 11 is 0. The maximum absolute atomic E-state index is 13.6. The van der Waals surface area contributed by atoms with Crippen molar-refractivity contribution in [3.63, 3.8) is 0 Å². The molecule has 4 rings (SSSR count). The van der Waals surface area contributed by atoms with Gasteiger partial charge in [-0.2, -0.15) is 4.98 Å². The highest BCUT2D eigenvalue weighted by Crippen LogP contribution is 2.29. The summed E-state index contributed by atoms with van der Waals surface area (Å²) in [6.45, 7) is 0.205. The molecule has 0 radical (unpaired) electrons. The third-order valence-electron chi connectivity index (χ3n) is 6.76. The van der Waals surface area contributed by atoms with Crippen LogP contribution in [0.1, 0.15) is 17.4 Å². The van der Waals surface area contributed by atoms with Crippen molar-refractivity contribution in [2.45, 2.75) is 43.5 Å². The van der Waals surface area contributed by atoms with Crippen molar-refractivity contribution >= 4 is 17.6 Å². The van der Waals surface area contributed by atoms with Gasteiger partial charge in [0.2, 0.25) is 5.91 Å². The zero-order valence-corrected chi connectivity index (χ0v) is 22.8. The van der Waals surface area contributed by atoms with Gasteiger partial charge in [0, 0.05) is 26.2 Å². The molecule has 0 spiro atoms. The number of anilines is 1. The van der Waals surface area contributed by atoms with Crippen LogP contribution in [0, 0.1) is 0 Å². The monoisotopic (exact) mass is 567 g/mol. The fourth-order valence-electron chi connectivity index (χ4n) is 4.63. The number of hydrogen-bond donors (Lipinski definition) is 4. The summed E-state index contributed by atoms with van der Waals surface area (Å²) in [4.78, 5) is 44.3. The Balaban J connectivity index is 1.53. The number of nitrogens with zero attached hydrogens (tertiary/aromatic N) is 3. The van der Waals surface area contributed by atoms with Gasteiger partial charge in [-0.3, -0.25) is 14.2 Å². The average molecular weight is 568 g/mol. The summed E-state index contributed by atoms with van der Waals surface area (Å²) in [6, 6.07) is 14.7. The molecule has 0 bridgehead atoms. The molecule has 41 heavy (non-hydrogen) atoms. The van der Waals surface area contributed by atoms with Crippen LogP contribution in [-0.4, -0.2) is 82.1 Å². The molecule has 13 heteroatoms. The summed E-state index contributed by atoms with van der Waals surface area (Å²) in [5.41, 5.74) is 6.26. The molecule has 1 aliphatic rings. The van der Waals surface area contributed by atoms with Gasteiger partial charge in [-0.25, -0.2) is 4.79 Å². The Hall–Kier alpha value is -4.46. The van der Waals surface area contributed by atoms with Crippen molar-refractivity contribution in [3.05, 3.63) is 82.4 Å². The minimum Gasteiger partial charge on any atom is -0.493 e. The highest BCUT2D eigenvalue weighted by Gasteiger charge is 2.48. The first-order valence-corrected chi connectivity index (χ1v) is 12.8. The Bertz CT molecular complexity index is 1430. The SMILES string of the molecule is COc1ccc(CN(C)C(=O)[C@@H](Cc2ccccc2)NC(=O)[C@H]2O[C@@H](n3ccc(N)nc3=O)[C@H](O)[C@@H]2O)cc1OC. The lowest BCUT2D eigenvalue weighted by molar-refractivity contribution is -0.143. The van der Waals surface area contributed by atoms with E-state index in [4.69, 9.17) is 19.9 Å². The van der Waals surface area contributed by atoms with E-state index in [9.17, 15) is 24.6 Å². The van der Waals surface area contributed by atoms with Crippen molar-refractivity contribution < 1.29 is 34.0 Å². The predicted molar refractivity (Wildman–Crippen MR) is 147 cm³/mol. The van der Waals surface area contributed by atoms with Gasteiger partial charge >= 0.3 is 5.69 Å². The smallest absolute Gasteiger partial charge is 0.351 e. The molecule has 0 unspecified atom stereocenters. The predicted octanol–water partition coefficient (Wildman–Crippen LogP) is -0.152. The van der Waals surface area contributed by atoms with E-state index >= 15 is 0 Å². The quantitative estimate of drug-likeness (QED) is 0.257. The number of nitrogens with one attached hydrogen (secondary N) is 1. The minimum atomic E-state index is -1.68. The molecular weight excluding hydrogens is 534 g/mol. The summed E-state index contributed by atoms with van der Waals surface area (Å²) in [6.07, 6.45) is -4.86. The lowest BCUT2D eigenvalue weighted by atomic mass is 10.0. The first kappa shape index (κ1) is 29.5. The van der Waals surface area contributed by atoms with Crippen molar-refractivity contribution in [2.24, 2.45) is 0 Å². The van der Waals surface area contributed by atoms with E-state index in [1.807, 2.05) is 30.3 Å².